The van der Waals surface area contributed by atoms with Gasteiger partial charge in [-0.05, 0) is 20.8 Å². The first-order valence-corrected chi connectivity index (χ1v) is 5.84. The minimum atomic E-state index is 0.762. The Labute approximate surface area is 97.5 Å². The minimum Gasteiger partial charge on any atom is -0.339 e. The van der Waals surface area contributed by atoms with Crippen molar-refractivity contribution in [1.29, 1.82) is 0 Å². The van der Waals surface area contributed by atoms with Gasteiger partial charge in [0.05, 0.1) is 5.69 Å². The van der Waals surface area contributed by atoms with Crippen LogP contribution in [-0.2, 0) is 0 Å². The van der Waals surface area contributed by atoms with Gasteiger partial charge in [-0.2, -0.15) is 0 Å². The maximum atomic E-state index is 4.23. The maximum Gasteiger partial charge on any atom is 0.181 e. The number of fused-ring (bicyclic) bond motifs is 1. The van der Waals surface area contributed by atoms with Gasteiger partial charge in [-0.25, -0.2) is 15.0 Å². The van der Waals surface area contributed by atoms with Gasteiger partial charge in [0.1, 0.15) is 17.2 Å². The Kier molecular flexibility index (Phi) is 6.30. The van der Waals surface area contributed by atoms with Crippen LogP contribution in [0, 0.1) is 20.8 Å². The van der Waals surface area contributed by atoms with Gasteiger partial charge in [0, 0.05) is 0 Å². The summed E-state index contributed by atoms with van der Waals surface area (Å²) in [5.74, 6) is 1.65. The van der Waals surface area contributed by atoms with Crippen molar-refractivity contribution in [3.05, 3.63) is 17.3 Å². The topological polar surface area (TPSA) is 54.5 Å². The number of hydrogen-bond donors (Lipinski definition) is 1. The Hall–Kier alpha value is -1.45. The van der Waals surface area contributed by atoms with E-state index in [1.54, 1.807) is 0 Å². The first kappa shape index (κ1) is 14.6. The molecule has 1 N–H and O–H groups in total. The van der Waals surface area contributed by atoms with Gasteiger partial charge < -0.3 is 4.98 Å². The molecule has 4 heteroatoms. The number of aromatic nitrogens is 4. The van der Waals surface area contributed by atoms with E-state index in [1.165, 1.54) is 0 Å². The molecule has 0 saturated heterocycles. The average Bonchev–Trinajstić information content (AvgIpc) is 2.65. The third-order valence-electron chi connectivity index (χ3n) is 1.76. The standard InChI is InChI=1S/C8H10N4.2C2H6/c1-4-7-8(11-5(2)9-4)12-6(3)10-7;2*1-2/h1-3H3,(H,9,10,11,12);2*1-2H3. The van der Waals surface area contributed by atoms with Crippen LogP contribution < -0.4 is 0 Å². The molecule has 90 valence electrons. The highest BCUT2D eigenvalue weighted by atomic mass is 15.0. The van der Waals surface area contributed by atoms with E-state index >= 15 is 0 Å². The van der Waals surface area contributed by atoms with E-state index in [9.17, 15) is 0 Å². The van der Waals surface area contributed by atoms with Crippen LogP contribution in [0.15, 0.2) is 0 Å². The second-order valence-corrected chi connectivity index (χ2v) is 2.88. The number of imidazole rings is 1. The zero-order valence-electron chi connectivity index (χ0n) is 11.3. The van der Waals surface area contributed by atoms with Crippen LogP contribution in [0.1, 0.15) is 45.0 Å². The van der Waals surface area contributed by atoms with Crippen LogP contribution in [0.5, 0.6) is 0 Å². The van der Waals surface area contributed by atoms with Crippen LogP contribution in [0.2, 0.25) is 0 Å². The molecule has 0 aromatic carbocycles. The minimum absolute atomic E-state index is 0.762. The molecule has 0 radical (unpaired) electrons. The van der Waals surface area contributed by atoms with Crippen molar-refractivity contribution in [1.82, 2.24) is 19.9 Å². The lowest BCUT2D eigenvalue weighted by atomic mass is 10.4. The molecule has 2 rings (SSSR count). The fourth-order valence-corrected chi connectivity index (χ4v) is 1.29. The summed E-state index contributed by atoms with van der Waals surface area (Å²) in [4.78, 5) is 15.8. The number of H-pyrrole nitrogens is 1. The Balaban J connectivity index is 0.000000509. The number of aryl methyl sites for hydroxylation is 3. The van der Waals surface area contributed by atoms with Gasteiger partial charge >= 0.3 is 0 Å². The highest BCUT2D eigenvalue weighted by Crippen LogP contribution is 2.11. The highest BCUT2D eigenvalue weighted by molar-refractivity contribution is 5.72. The third-order valence-corrected chi connectivity index (χ3v) is 1.76. The fraction of sp³-hybridized carbons (Fsp3) is 0.583. The van der Waals surface area contributed by atoms with E-state index in [4.69, 9.17) is 0 Å². The summed E-state index contributed by atoms with van der Waals surface area (Å²) in [5.41, 5.74) is 2.66. The fourth-order valence-electron chi connectivity index (χ4n) is 1.29. The van der Waals surface area contributed by atoms with Crippen LogP contribution in [0.3, 0.4) is 0 Å². The summed E-state index contributed by atoms with van der Waals surface area (Å²) in [7, 11) is 0. The molecule has 2 aromatic rings. The van der Waals surface area contributed by atoms with Gasteiger partial charge in [0.25, 0.3) is 0 Å². The molecule has 0 spiro atoms. The number of hydrogen-bond acceptors (Lipinski definition) is 3. The molecule has 0 aliphatic heterocycles. The highest BCUT2D eigenvalue weighted by Gasteiger charge is 2.04. The summed E-state index contributed by atoms with van der Waals surface area (Å²) in [5, 5.41) is 0. The van der Waals surface area contributed by atoms with Gasteiger partial charge in [-0.15, -0.1) is 0 Å². The van der Waals surface area contributed by atoms with Crippen molar-refractivity contribution in [2.75, 3.05) is 0 Å². The second-order valence-electron chi connectivity index (χ2n) is 2.88. The van der Waals surface area contributed by atoms with Gasteiger partial charge in [0.15, 0.2) is 5.65 Å². The predicted molar refractivity (Wildman–Crippen MR) is 68.6 cm³/mol. The van der Waals surface area contributed by atoms with Crippen LogP contribution in [-0.4, -0.2) is 19.9 Å². The molecule has 2 heterocycles. The summed E-state index contributed by atoms with van der Waals surface area (Å²) in [6.45, 7) is 13.7. The molecule has 0 saturated carbocycles. The smallest absolute Gasteiger partial charge is 0.181 e. The van der Waals surface area contributed by atoms with Gasteiger partial charge in [-0.3, -0.25) is 0 Å². The van der Waals surface area contributed by atoms with Crippen LogP contribution in [0.25, 0.3) is 11.2 Å². The summed E-state index contributed by atoms with van der Waals surface area (Å²) < 4.78 is 0. The molecular weight excluding hydrogens is 200 g/mol. The molecular formula is C12H22N4. The van der Waals surface area contributed by atoms with E-state index in [1.807, 2.05) is 48.5 Å². The molecule has 0 fully saturated rings. The van der Waals surface area contributed by atoms with Crippen molar-refractivity contribution in [2.45, 2.75) is 48.5 Å². The van der Waals surface area contributed by atoms with Crippen molar-refractivity contribution in [3.8, 4) is 0 Å². The SMILES string of the molecule is CC.CC.Cc1nc(C)c2[nH]c(C)nc2n1. The first-order chi connectivity index (χ1) is 7.66. The largest absolute Gasteiger partial charge is 0.339 e. The number of aromatic amines is 1. The summed E-state index contributed by atoms with van der Waals surface area (Å²) in [6.07, 6.45) is 0. The molecule has 2 aromatic heterocycles. The molecule has 0 bridgehead atoms. The number of nitrogens with zero attached hydrogens (tertiary/aromatic N) is 3. The van der Waals surface area contributed by atoms with E-state index in [-0.39, 0.29) is 0 Å². The molecule has 0 unspecified atom stereocenters. The summed E-state index contributed by atoms with van der Waals surface area (Å²) >= 11 is 0. The van der Waals surface area contributed by atoms with Crippen molar-refractivity contribution >= 4 is 11.2 Å². The molecule has 0 atom stereocenters. The van der Waals surface area contributed by atoms with Crippen molar-refractivity contribution in [2.24, 2.45) is 0 Å². The Morgan fingerprint density at radius 3 is 1.94 bits per heavy atom. The summed E-state index contributed by atoms with van der Waals surface area (Å²) in [6, 6.07) is 0. The van der Waals surface area contributed by atoms with Crippen LogP contribution >= 0.6 is 0 Å². The molecule has 4 nitrogen and oxygen atoms in total. The quantitative estimate of drug-likeness (QED) is 0.743. The third kappa shape index (κ3) is 3.29. The van der Waals surface area contributed by atoms with E-state index in [0.29, 0.717) is 0 Å². The molecule has 0 aliphatic carbocycles. The van der Waals surface area contributed by atoms with Crippen molar-refractivity contribution in [3.63, 3.8) is 0 Å². The van der Waals surface area contributed by atoms with Crippen molar-refractivity contribution < 1.29 is 0 Å². The predicted octanol–water partition coefficient (Wildman–Crippen LogP) is 3.33. The van der Waals surface area contributed by atoms with Gasteiger partial charge in [-0.1, -0.05) is 27.7 Å². The zero-order valence-corrected chi connectivity index (χ0v) is 11.3. The molecule has 0 aliphatic rings. The van der Waals surface area contributed by atoms with Gasteiger partial charge in [0.2, 0.25) is 0 Å². The molecule has 16 heavy (non-hydrogen) atoms. The van der Waals surface area contributed by atoms with Crippen LogP contribution in [0.4, 0.5) is 0 Å². The lowest BCUT2D eigenvalue weighted by Gasteiger charge is -1.94. The molecule has 0 amide bonds. The first-order valence-electron chi connectivity index (χ1n) is 5.84. The van der Waals surface area contributed by atoms with E-state index < -0.39 is 0 Å². The maximum absolute atomic E-state index is 4.23. The number of nitrogens with one attached hydrogen (secondary N) is 1. The second kappa shape index (κ2) is 6.93. The van der Waals surface area contributed by atoms with E-state index in [2.05, 4.69) is 19.9 Å². The Morgan fingerprint density at radius 1 is 0.812 bits per heavy atom. The normalized spacial score (nSPS) is 8.94. The lowest BCUT2D eigenvalue weighted by Crippen LogP contribution is -1.91. The average molecular weight is 222 g/mol. The Morgan fingerprint density at radius 2 is 1.38 bits per heavy atom. The number of rotatable bonds is 0. The van der Waals surface area contributed by atoms with E-state index in [0.717, 1.165) is 28.5 Å². The monoisotopic (exact) mass is 222 g/mol. The Bertz CT molecular complexity index is 432. The lowest BCUT2D eigenvalue weighted by molar-refractivity contribution is 1.04. The zero-order chi connectivity index (χ0) is 12.7.